The Kier molecular flexibility index (Phi) is 3.75. The molecule has 0 aromatic heterocycles. The second-order valence-electron chi connectivity index (χ2n) is 4.56. The van der Waals surface area contributed by atoms with Crippen LogP contribution < -0.4 is 4.90 Å². The Morgan fingerprint density at radius 3 is 2.29 bits per heavy atom. The molecule has 21 heavy (non-hydrogen) atoms. The lowest BCUT2D eigenvalue weighted by Gasteiger charge is -2.16. The molecule has 1 amide bonds. The maximum absolute atomic E-state index is 12.1. The first-order valence-corrected chi connectivity index (χ1v) is 6.95. The normalized spacial score (nSPS) is 15.2. The number of benzene rings is 2. The van der Waals surface area contributed by atoms with Crippen molar-refractivity contribution < 1.29 is 4.79 Å². The predicted octanol–water partition coefficient (Wildman–Crippen LogP) is 2.65. The van der Waals surface area contributed by atoms with E-state index in [4.69, 9.17) is 12.2 Å². The second-order valence-corrected chi connectivity index (χ2v) is 4.93. The van der Waals surface area contributed by atoms with E-state index in [1.165, 1.54) is 9.91 Å². The van der Waals surface area contributed by atoms with Crippen LogP contribution in [0.3, 0.4) is 0 Å². The second kappa shape index (κ2) is 5.85. The van der Waals surface area contributed by atoms with Gasteiger partial charge in [-0.15, -0.1) is 0 Å². The molecule has 3 rings (SSSR count). The third-order valence-corrected chi connectivity index (χ3v) is 3.50. The molecule has 1 aliphatic rings. The van der Waals surface area contributed by atoms with E-state index in [9.17, 15) is 4.79 Å². The highest BCUT2D eigenvalue weighted by Gasteiger charge is 2.33. The summed E-state index contributed by atoms with van der Waals surface area (Å²) in [6.07, 6.45) is 1.70. The molecule has 0 saturated carbocycles. The van der Waals surface area contributed by atoms with Gasteiger partial charge in [0.2, 0.25) is 5.11 Å². The van der Waals surface area contributed by atoms with Crippen molar-refractivity contribution in [3.05, 3.63) is 66.2 Å². The van der Waals surface area contributed by atoms with Crippen LogP contribution in [0.4, 0.5) is 5.69 Å². The van der Waals surface area contributed by atoms with E-state index in [2.05, 4.69) is 5.10 Å². The Labute approximate surface area is 128 Å². The van der Waals surface area contributed by atoms with Gasteiger partial charge in [0.15, 0.2) is 0 Å². The van der Waals surface area contributed by atoms with Crippen molar-refractivity contribution in [1.82, 2.24) is 5.01 Å². The van der Waals surface area contributed by atoms with Gasteiger partial charge in [-0.25, -0.2) is 5.01 Å². The van der Waals surface area contributed by atoms with Crippen LogP contribution in [0.2, 0.25) is 0 Å². The molecule has 1 fully saturated rings. The summed E-state index contributed by atoms with van der Waals surface area (Å²) >= 11 is 5.35. The summed E-state index contributed by atoms with van der Waals surface area (Å²) < 4.78 is 0. The van der Waals surface area contributed by atoms with Crippen molar-refractivity contribution in [2.75, 3.05) is 11.4 Å². The number of hydrogen-bond donors (Lipinski definition) is 0. The van der Waals surface area contributed by atoms with Crippen molar-refractivity contribution >= 4 is 35.1 Å². The van der Waals surface area contributed by atoms with E-state index in [-0.39, 0.29) is 12.5 Å². The summed E-state index contributed by atoms with van der Waals surface area (Å²) in [5.41, 5.74) is 1.73. The molecule has 1 aliphatic heterocycles. The molecular weight excluding hydrogens is 282 g/mol. The quantitative estimate of drug-likeness (QED) is 0.645. The zero-order chi connectivity index (χ0) is 14.7. The molecule has 5 heteroatoms. The van der Waals surface area contributed by atoms with Crippen molar-refractivity contribution in [3.8, 4) is 0 Å². The lowest BCUT2D eigenvalue weighted by atomic mass is 10.2. The van der Waals surface area contributed by atoms with Crippen LogP contribution >= 0.6 is 12.2 Å². The Morgan fingerprint density at radius 1 is 1.00 bits per heavy atom. The molecule has 1 saturated heterocycles. The van der Waals surface area contributed by atoms with Gasteiger partial charge in [0.1, 0.15) is 6.54 Å². The number of carbonyl (C=O) groups is 1. The molecule has 2 aromatic carbocycles. The fourth-order valence-corrected chi connectivity index (χ4v) is 2.40. The largest absolute Gasteiger partial charge is 0.272 e. The fraction of sp³-hybridized carbons (Fsp3) is 0.0625. The minimum atomic E-state index is -0.0728. The molecule has 0 spiro atoms. The van der Waals surface area contributed by atoms with Gasteiger partial charge in [0.25, 0.3) is 5.91 Å². The number of thiocarbonyl (C=S) groups is 1. The zero-order valence-electron chi connectivity index (χ0n) is 11.2. The summed E-state index contributed by atoms with van der Waals surface area (Å²) in [5.74, 6) is -0.0728. The van der Waals surface area contributed by atoms with Crippen LogP contribution in [0.5, 0.6) is 0 Å². The standard InChI is InChI=1S/C16H13N3OS/c20-15-12-18(17-11-13-7-3-1-4-8-13)16(21)19(15)14-9-5-2-6-10-14/h1-11H,12H2/b17-11+. The van der Waals surface area contributed by atoms with Gasteiger partial charge in [-0.2, -0.15) is 5.10 Å². The van der Waals surface area contributed by atoms with Gasteiger partial charge in [-0.3, -0.25) is 9.69 Å². The van der Waals surface area contributed by atoms with E-state index in [1.54, 1.807) is 6.21 Å². The van der Waals surface area contributed by atoms with Crippen molar-refractivity contribution in [1.29, 1.82) is 0 Å². The SMILES string of the molecule is O=C1CN(/N=C/c2ccccc2)C(=S)N1c1ccccc1. The predicted molar refractivity (Wildman–Crippen MR) is 87.3 cm³/mol. The van der Waals surface area contributed by atoms with E-state index in [0.717, 1.165) is 11.3 Å². The summed E-state index contributed by atoms with van der Waals surface area (Å²) in [6.45, 7) is 0.164. The van der Waals surface area contributed by atoms with Gasteiger partial charge >= 0.3 is 0 Å². The summed E-state index contributed by atoms with van der Waals surface area (Å²) in [7, 11) is 0. The van der Waals surface area contributed by atoms with Gasteiger partial charge in [-0.05, 0) is 29.9 Å². The Hall–Kier alpha value is -2.53. The Morgan fingerprint density at radius 2 is 1.62 bits per heavy atom. The highest BCUT2D eigenvalue weighted by Crippen LogP contribution is 2.21. The van der Waals surface area contributed by atoms with Gasteiger partial charge < -0.3 is 0 Å². The molecule has 1 heterocycles. The van der Waals surface area contributed by atoms with Crippen LogP contribution in [0.1, 0.15) is 5.56 Å². The molecule has 0 N–H and O–H groups in total. The monoisotopic (exact) mass is 295 g/mol. The third-order valence-electron chi connectivity index (χ3n) is 3.11. The number of carbonyl (C=O) groups excluding carboxylic acids is 1. The van der Waals surface area contributed by atoms with Gasteiger partial charge in [0.05, 0.1) is 11.9 Å². The van der Waals surface area contributed by atoms with Crippen molar-refractivity contribution in [3.63, 3.8) is 0 Å². The lowest BCUT2D eigenvalue weighted by Crippen LogP contribution is -2.30. The minimum Gasteiger partial charge on any atom is -0.272 e. The number of hydrazone groups is 1. The maximum atomic E-state index is 12.1. The van der Waals surface area contributed by atoms with Crippen molar-refractivity contribution in [2.24, 2.45) is 5.10 Å². The van der Waals surface area contributed by atoms with E-state index in [0.29, 0.717) is 5.11 Å². The van der Waals surface area contributed by atoms with Crippen LogP contribution in [0.15, 0.2) is 65.8 Å². The number of nitrogens with zero attached hydrogens (tertiary/aromatic N) is 3. The number of hydrogen-bond acceptors (Lipinski definition) is 3. The molecule has 0 radical (unpaired) electrons. The smallest absolute Gasteiger partial charge is 0.255 e. The number of amides is 1. The molecule has 0 atom stereocenters. The number of para-hydroxylation sites is 1. The van der Waals surface area contributed by atoms with E-state index >= 15 is 0 Å². The highest BCUT2D eigenvalue weighted by molar-refractivity contribution is 7.80. The summed E-state index contributed by atoms with van der Waals surface area (Å²) in [4.78, 5) is 13.6. The highest BCUT2D eigenvalue weighted by atomic mass is 32.1. The van der Waals surface area contributed by atoms with Gasteiger partial charge in [-0.1, -0.05) is 48.5 Å². The van der Waals surface area contributed by atoms with Crippen LogP contribution in [-0.2, 0) is 4.79 Å². The van der Waals surface area contributed by atoms with E-state index in [1.807, 2.05) is 60.7 Å². The number of anilines is 1. The minimum absolute atomic E-state index is 0.0728. The van der Waals surface area contributed by atoms with Gasteiger partial charge in [0, 0.05) is 0 Å². The molecule has 2 aromatic rings. The van der Waals surface area contributed by atoms with Crippen LogP contribution in [-0.4, -0.2) is 28.8 Å². The Balaban J connectivity index is 1.80. The average Bonchev–Trinajstić information content (AvgIpc) is 2.81. The van der Waals surface area contributed by atoms with E-state index < -0.39 is 0 Å². The first-order chi connectivity index (χ1) is 10.3. The molecule has 104 valence electrons. The summed E-state index contributed by atoms with van der Waals surface area (Å²) in [5, 5.41) is 6.25. The molecule has 0 aliphatic carbocycles. The average molecular weight is 295 g/mol. The van der Waals surface area contributed by atoms with Crippen LogP contribution in [0.25, 0.3) is 0 Å². The Bertz CT molecular complexity index is 685. The molecular formula is C16H13N3OS. The first kappa shape index (κ1) is 13.5. The maximum Gasteiger partial charge on any atom is 0.255 e. The molecule has 0 unspecified atom stereocenters. The van der Waals surface area contributed by atoms with Crippen molar-refractivity contribution in [2.45, 2.75) is 0 Å². The summed E-state index contributed by atoms with van der Waals surface area (Å²) in [6, 6.07) is 19.1. The first-order valence-electron chi connectivity index (χ1n) is 6.54. The number of rotatable bonds is 3. The zero-order valence-corrected chi connectivity index (χ0v) is 12.0. The third kappa shape index (κ3) is 2.83. The molecule has 0 bridgehead atoms. The topological polar surface area (TPSA) is 35.9 Å². The van der Waals surface area contributed by atoms with Crippen LogP contribution in [0, 0.1) is 0 Å². The molecule has 4 nitrogen and oxygen atoms in total. The lowest BCUT2D eigenvalue weighted by molar-refractivity contribution is -0.116. The fourth-order valence-electron chi connectivity index (χ4n) is 2.09.